The minimum atomic E-state index is -0.759. The summed E-state index contributed by atoms with van der Waals surface area (Å²) < 4.78 is 26.5. The van der Waals surface area contributed by atoms with Gasteiger partial charge < -0.3 is 14.2 Å². The van der Waals surface area contributed by atoms with E-state index in [2.05, 4.69) is 6.92 Å². The van der Waals surface area contributed by atoms with Crippen molar-refractivity contribution < 1.29 is 18.5 Å². The molecule has 2 heterocycles. The predicted octanol–water partition coefficient (Wildman–Crippen LogP) is 3.00. The Morgan fingerprint density at radius 2 is 1.72 bits per heavy atom. The molecule has 0 aliphatic carbocycles. The number of rotatable bonds is 2. The van der Waals surface area contributed by atoms with Crippen LogP contribution in [0.5, 0.6) is 0 Å². The second-order valence-corrected chi connectivity index (χ2v) is 8.30. The Hall–Kier alpha value is -1.40. The summed E-state index contributed by atoms with van der Waals surface area (Å²) in [6.07, 6.45) is 2.00. The first-order valence-electron chi connectivity index (χ1n) is 9.05. The van der Waals surface area contributed by atoms with E-state index < -0.39 is 24.1 Å². The highest BCUT2D eigenvalue weighted by Crippen LogP contribution is 2.36. The zero-order valence-electron chi connectivity index (χ0n) is 15.8. The normalized spacial score (nSPS) is 23.1. The van der Waals surface area contributed by atoms with Crippen LogP contribution in [-0.4, -0.2) is 42.2 Å². The van der Waals surface area contributed by atoms with Gasteiger partial charge in [-0.05, 0) is 58.6 Å². The molecule has 1 amide bonds. The number of hydrogen-bond acceptors (Lipinski definition) is 3. The Balaban J connectivity index is 1.77. The van der Waals surface area contributed by atoms with Crippen LogP contribution in [0.1, 0.15) is 57.8 Å². The molecule has 1 aromatic carbocycles. The highest BCUT2D eigenvalue weighted by Gasteiger charge is 2.52. The summed E-state index contributed by atoms with van der Waals surface area (Å²) in [6.45, 7) is 11.4. The molecule has 25 heavy (non-hydrogen) atoms. The van der Waals surface area contributed by atoms with Gasteiger partial charge in [0.15, 0.2) is 0 Å². The van der Waals surface area contributed by atoms with Crippen LogP contribution in [0.25, 0.3) is 0 Å². The van der Waals surface area contributed by atoms with Gasteiger partial charge in [-0.25, -0.2) is 4.39 Å². The fourth-order valence-corrected chi connectivity index (χ4v) is 3.22. The Kier molecular flexibility index (Phi) is 4.71. The maximum atomic E-state index is 14.7. The monoisotopic (exact) mass is 347 g/mol. The molecule has 136 valence electrons. The van der Waals surface area contributed by atoms with Crippen LogP contribution in [0.15, 0.2) is 18.2 Å². The lowest BCUT2D eigenvalue weighted by atomic mass is 9.78. The van der Waals surface area contributed by atoms with Crippen LogP contribution in [0.2, 0.25) is 0 Å². The van der Waals surface area contributed by atoms with Crippen molar-refractivity contribution in [2.45, 2.75) is 58.7 Å². The molecule has 0 radical (unpaired) electrons. The van der Waals surface area contributed by atoms with Crippen molar-refractivity contribution in [1.29, 1.82) is 0 Å². The zero-order chi connectivity index (χ0) is 18.4. The number of likely N-dealkylation sites (tertiary alicyclic amines) is 1. The topological polar surface area (TPSA) is 38.8 Å². The lowest BCUT2D eigenvalue weighted by Crippen LogP contribution is -2.41. The average molecular weight is 347 g/mol. The van der Waals surface area contributed by atoms with Gasteiger partial charge in [-0.3, -0.25) is 4.79 Å². The molecule has 0 N–H and O–H groups in total. The summed E-state index contributed by atoms with van der Waals surface area (Å²) in [7, 11) is -0.759. The third-order valence-electron chi connectivity index (χ3n) is 5.83. The molecule has 0 aromatic heterocycles. The first kappa shape index (κ1) is 18.4. The molecule has 6 heteroatoms. The minimum Gasteiger partial charge on any atom is -0.399 e. The van der Waals surface area contributed by atoms with E-state index in [-0.39, 0.29) is 5.91 Å². The van der Waals surface area contributed by atoms with Gasteiger partial charge in [0.1, 0.15) is 5.82 Å². The number of amides is 1. The molecule has 0 atom stereocenters. The average Bonchev–Trinajstić information content (AvgIpc) is 2.75. The van der Waals surface area contributed by atoms with E-state index in [1.807, 2.05) is 32.6 Å². The smallest absolute Gasteiger partial charge is 0.399 e. The molecular formula is C19H27BFNO3. The molecule has 3 rings (SSSR count). The van der Waals surface area contributed by atoms with Crippen molar-refractivity contribution in [3.8, 4) is 0 Å². The number of benzene rings is 1. The van der Waals surface area contributed by atoms with Gasteiger partial charge in [-0.1, -0.05) is 13.0 Å². The van der Waals surface area contributed by atoms with Crippen LogP contribution >= 0.6 is 0 Å². The van der Waals surface area contributed by atoms with Crippen LogP contribution < -0.4 is 5.46 Å². The van der Waals surface area contributed by atoms with Gasteiger partial charge in [0.05, 0.1) is 11.2 Å². The van der Waals surface area contributed by atoms with Crippen molar-refractivity contribution in [1.82, 2.24) is 4.90 Å². The van der Waals surface area contributed by atoms with Gasteiger partial charge in [0.2, 0.25) is 0 Å². The minimum absolute atomic E-state index is 0.105. The highest BCUT2D eigenvalue weighted by atomic mass is 19.1. The van der Waals surface area contributed by atoms with E-state index in [0.29, 0.717) is 16.9 Å². The van der Waals surface area contributed by atoms with E-state index in [4.69, 9.17) is 9.31 Å². The zero-order valence-corrected chi connectivity index (χ0v) is 15.8. The number of hydrogen-bond donors (Lipinski definition) is 0. The Morgan fingerprint density at radius 3 is 2.24 bits per heavy atom. The third kappa shape index (κ3) is 3.47. The largest absolute Gasteiger partial charge is 0.497 e. The lowest BCUT2D eigenvalue weighted by molar-refractivity contribution is 0.00578. The fourth-order valence-electron chi connectivity index (χ4n) is 3.22. The molecule has 2 aliphatic rings. The Labute approximate surface area is 149 Å². The van der Waals surface area contributed by atoms with Crippen LogP contribution in [0.3, 0.4) is 0 Å². The first-order chi connectivity index (χ1) is 11.6. The van der Waals surface area contributed by atoms with Gasteiger partial charge >= 0.3 is 7.12 Å². The van der Waals surface area contributed by atoms with Gasteiger partial charge in [-0.2, -0.15) is 0 Å². The number of nitrogens with zero attached hydrogens (tertiary/aromatic N) is 1. The van der Waals surface area contributed by atoms with Crippen molar-refractivity contribution in [2.75, 3.05) is 13.1 Å². The van der Waals surface area contributed by atoms with Crippen LogP contribution in [0.4, 0.5) is 4.39 Å². The van der Waals surface area contributed by atoms with Crippen molar-refractivity contribution in [3.63, 3.8) is 0 Å². The fraction of sp³-hybridized carbons (Fsp3) is 0.632. The molecule has 0 saturated carbocycles. The molecule has 4 nitrogen and oxygen atoms in total. The molecule has 1 aromatic rings. The SMILES string of the molecule is CC1CCN(C(=O)c2ccc(B3OC(C)(C)C(C)(C)O3)c(F)c2)CC1. The van der Waals surface area contributed by atoms with Crippen molar-refractivity contribution in [3.05, 3.63) is 29.6 Å². The molecular weight excluding hydrogens is 320 g/mol. The van der Waals surface area contributed by atoms with Crippen LogP contribution in [0, 0.1) is 11.7 Å². The summed E-state index contributed by atoms with van der Waals surface area (Å²) in [6, 6.07) is 4.59. The van der Waals surface area contributed by atoms with Crippen LogP contribution in [-0.2, 0) is 9.31 Å². The van der Waals surface area contributed by atoms with E-state index in [1.165, 1.54) is 6.07 Å². The Morgan fingerprint density at radius 1 is 1.16 bits per heavy atom. The summed E-state index contributed by atoms with van der Waals surface area (Å²) >= 11 is 0. The quantitative estimate of drug-likeness (QED) is 0.772. The molecule has 2 aliphatic heterocycles. The summed E-state index contributed by atoms with van der Waals surface area (Å²) in [4.78, 5) is 14.4. The second-order valence-electron chi connectivity index (χ2n) is 8.30. The predicted molar refractivity (Wildman–Crippen MR) is 96.4 cm³/mol. The highest BCUT2D eigenvalue weighted by molar-refractivity contribution is 6.62. The number of carbonyl (C=O) groups excluding carboxylic acids is 1. The molecule has 0 bridgehead atoms. The van der Waals surface area contributed by atoms with E-state index in [9.17, 15) is 9.18 Å². The standard InChI is InChI=1S/C19H27BFNO3/c1-13-8-10-22(11-9-13)17(23)14-6-7-15(16(21)12-14)20-24-18(2,3)19(4,5)25-20/h6-7,12-13H,8-11H2,1-5H3. The molecule has 0 spiro atoms. The van der Waals surface area contributed by atoms with E-state index >= 15 is 0 Å². The second kappa shape index (κ2) is 6.40. The third-order valence-corrected chi connectivity index (χ3v) is 5.83. The summed E-state index contributed by atoms with van der Waals surface area (Å²) in [5, 5.41) is 0. The number of carbonyl (C=O) groups is 1. The van der Waals surface area contributed by atoms with Gasteiger partial charge in [0.25, 0.3) is 5.91 Å². The Bertz CT molecular complexity index is 653. The summed E-state index contributed by atoms with van der Waals surface area (Å²) in [5.41, 5.74) is -0.332. The van der Waals surface area contributed by atoms with Crippen molar-refractivity contribution >= 4 is 18.5 Å². The van der Waals surface area contributed by atoms with E-state index in [1.54, 1.807) is 12.1 Å². The van der Waals surface area contributed by atoms with Gasteiger partial charge in [-0.15, -0.1) is 0 Å². The molecule has 2 fully saturated rings. The molecule has 0 unspecified atom stereocenters. The number of piperidine rings is 1. The first-order valence-corrected chi connectivity index (χ1v) is 9.05. The van der Waals surface area contributed by atoms with E-state index in [0.717, 1.165) is 25.9 Å². The molecule has 2 saturated heterocycles. The maximum absolute atomic E-state index is 14.7. The lowest BCUT2D eigenvalue weighted by Gasteiger charge is -2.32. The number of halogens is 1. The van der Waals surface area contributed by atoms with Crippen molar-refractivity contribution in [2.24, 2.45) is 5.92 Å². The van der Waals surface area contributed by atoms with Gasteiger partial charge in [0, 0.05) is 24.1 Å². The summed E-state index contributed by atoms with van der Waals surface area (Å²) in [5.74, 6) is 0.0764. The maximum Gasteiger partial charge on any atom is 0.497 e.